The predicted molar refractivity (Wildman–Crippen MR) is 88.5 cm³/mol. The van der Waals surface area contributed by atoms with Crippen LogP contribution in [-0.2, 0) is 4.79 Å². The number of amides is 1. The van der Waals surface area contributed by atoms with Crippen LogP contribution >= 0.6 is 23.2 Å². The average Bonchev–Trinajstić information content (AvgIpc) is 2.49. The average molecular weight is 320 g/mol. The molecule has 0 aliphatic heterocycles. The van der Waals surface area contributed by atoms with E-state index in [-0.39, 0.29) is 11.9 Å². The zero-order valence-electron chi connectivity index (χ0n) is 11.5. The van der Waals surface area contributed by atoms with Crippen molar-refractivity contribution >= 4 is 35.2 Å². The van der Waals surface area contributed by atoms with Crippen LogP contribution in [0.2, 0.25) is 10.0 Å². The number of benzene rings is 2. The Morgan fingerprint density at radius 2 is 1.81 bits per heavy atom. The molecule has 0 spiro atoms. The molecule has 1 N–H and O–H groups in total. The summed E-state index contributed by atoms with van der Waals surface area (Å²) in [5.41, 5.74) is 1.89. The zero-order chi connectivity index (χ0) is 15.2. The minimum Gasteiger partial charge on any atom is -0.346 e. The number of rotatable bonds is 4. The lowest BCUT2D eigenvalue weighted by Gasteiger charge is -2.12. The van der Waals surface area contributed by atoms with E-state index in [1.165, 1.54) is 6.08 Å². The van der Waals surface area contributed by atoms with E-state index >= 15 is 0 Å². The third kappa shape index (κ3) is 4.62. The molecule has 4 heteroatoms. The Hall–Kier alpha value is -1.77. The number of carbonyl (C=O) groups is 1. The van der Waals surface area contributed by atoms with E-state index in [1.54, 1.807) is 24.3 Å². The zero-order valence-corrected chi connectivity index (χ0v) is 13.0. The third-order valence-corrected chi connectivity index (χ3v) is 3.77. The highest BCUT2D eigenvalue weighted by molar-refractivity contribution is 6.42. The molecule has 0 aromatic heterocycles. The maximum atomic E-state index is 11.9. The van der Waals surface area contributed by atoms with Gasteiger partial charge in [0.05, 0.1) is 16.1 Å². The largest absolute Gasteiger partial charge is 0.346 e. The molecule has 0 heterocycles. The summed E-state index contributed by atoms with van der Waals surface area (Å²) in [6.07, 6.45) is 3.19. The fourth-order valence-corrected chi connectivity index (χ4v) is 2.18. The molecule has 108 valence electrons. The quantitative estimate of drug-likeness (QED) is 0.799. The summed E-state index contributed by atoms with van der Waals surface area (Å²) >= 11 is 11.8. The van der Waals surface area contributed by atoms with Crippen molar-refractivity contribution in [2.24, 2.45) is 0 Å². The van der Waals surface area contributed by atoms with Gasteiger partial charge in [0.25, 0.3) is 0 Å². The Balaban J connectivity index is 1.98. The van der Waals surface area contributed by atoms with E-state index in [0.717, 1.165) is 11.1 Å². The molecule has 0 aliphatic carbocycles. The lowest BCUT2D eigenvalue weighted by molar-refractivity contribution is -0.117. The van der Waals surface area contributed by atoms with Crippen LogP contribution in [0.5, 0.6) is 0 Å². The van der Waals surface area contributed by atoms with Gasteiger partial charge in [-0.3, -0.25) is 4.79 Å². The lowest BCUT2D eigenvalue weighted by atomic mass is 10.1. The summed E-state index contributed by atoms with van der Waals surface area (Å²) in [5, 5.41) is 3.87. The van der Waals surface area contributed by atoms with Crippen molar-refractivity contribution in [3.8, 4) is 0 Å². The molecule has 0 saturated carbocycles. The van der Waals surface area contributed by atoms with Crippen LogP contribution < -0.4 is 5.32 Å². The highest BCUT2D eigenvalue weighted by Crippen LogP contribution is 2.23. The number of halogens is 2. The molecule has 0 fully saturated rings. The van der Waals surface area contributed by atoms with Gasteiger partial charge in [-0.1, -0.05) is 59.6 Å². The fourth-order valence-electron chi connectivity index (χ4n) is 1.87. The maximum absolute atomic E-state index is 11.9. The number of hydrogen-bond acceptors (Lipinski definition) is 1. The fraction of sp³-hybridized carbons (Fsp3) is 0.118. The van der Waals surface area contributed by atoms with Gasteiger partial charge < -0.3 is 5.32 Å². The van der Waals surface area contributed by atoms with Gasteiger partial charge in [0.1, 0.15) is 0 Å². The second kappa shape index (κ2) is 7.30. The minimum atomic E-state index is -0.155. The van der Waals surface area contributed by atoms with Crippen molar-refractivity contribution in [3.63, 3.8) is 0 Å². The highest BCUT2D eigenvalue weighted by Gasteiger charge is 2.06. The Kier molecular flexibility index (Phi) is 5.43. The summed E-state index contributed by atoms with van der Waals surface area (Å²) in [6.45, 7) is 1.94. The number of nitrogens with one attached hydrogen (secondary N) is 1. The Bertz CT molecular complexity index is 653. The van der Waals surface area contributed by atoms with E-state index in [4.69, 9.17) is 23.2 Å². The van der Waals surface area contributed by atoms with Crippen molar-refractivity contribution in [1.29, 1.82) is 0 Å². The first-order valence-corrected chi connectivity index (χ1v) is 7.30. The SMILES string of the molecule is C[C@H](NC(=O)/C=C/c1ccc(Cl)c(Cl)c1)c1ccccc1. The van der Waals surface area contributed by atoms with E-state index < -0.39 is 0 Å². The number of carbonyl (C=O) groups excluding carboxylic acids is 1. The van der Waals surface area contributed by atoms with Crippen molar-refractivity contribution in [1.82, 2.24) is 5.32 Å². The Morgan fingerprint density at radius 1 is 1.10 bits per heavy atom. The van der Waals surface area contributed by atoms with Crippen molar-refractivity contribution < 1.29 is 4.79 Å². The second-order valence-corrected chi connectivity index (χ2v) is 5.46. The van der Waals surface area contributed by atoms with Gasteiger partial charge in [-0.25, -0.2) is 0 Å². The van der Waals surface area contributed by atoms with E-state index in [1.807, 2.05) is 37.3 Å². The molecular weight excluding hydrogens is 305 g/mol. The van der Waals surface area contributed by atoms with Crippen LogP contribution in [-0.4, -0.2) is 5.91 Å². The first kappa shape index (κ1) is 15.6. The third-order valence-electron chi connectivity index (χ3n) is 3.03. The maximum Gasteiger partial charge on any atom is 0.244 e. The molecule has 0 saturated heterocycles. The van der Waals surface area contributed by atoms with Crippen molar-refractivity contribution in [3.05, 3.63) is 75.8 Å². The minimum absolute atomic E-state index is 0.0443. The highest BCUT2D eigenvalue weighted by atomic mass is 35.5. The predicted octanol–water partition coefficient (Wildman–Crippen LogP) is 4.88. The number of hydrogen-bond donors (Lipinski definition) is 1. The molecule has 0 aliphatic rings. The smallest absolute Gasteiger partial charge is 0.244 e. The normalized spacial score (nSPS) is 12.3. The standard InChI is InChI=1S/C17H15Cl2NO/c1-12(14-5-3-2-4-6-14)20-17(21)10-8-13-7-9-15(18)16(19)11-13/h2-12H,1H3,(H,20,21)/b10-8+/t12-/m0/s1. The second-order valence-electron chi connectivity index (χ2n) is 4.65. The summed E-state index contributed by atoms with van der Waals surface area (Å²) in [4.78, 5) is 11.9. The van der Waals surface area contributed by atoms with Gasteiger partial charge in [0, 0.05) is 6.08 Å². The van der Waals surface area contributed by atoms with Gasteiger partial charge in [-0.05, 0) is 36.3 Å². The van der Waals surface area contributed by atoms with Crippen LogP contribution in [0.25, 0.3) is 6.08 Å². The molecule has 0 radical (unpaired) electrons. The first-order chi connectivity index (χ1) is 10.1. The Labute approximate surface area is 134 Å². The van der Waals surface area contributed by atoms with Crippen molar-refractivity contribution in [2.75, 3.05) is 0 Å². The molecular formula is C17H15Cl2NO. The van der Waals surface area contributed by atoms with Gasteiger partial charge in [0.2, 0.25) is 5.91 Å². The summed E-state index contributed by atoms with van der Waals surface area (Å²) in [6, 6.07) is 15.0. The summed E-state index contributed by atoms with van der Waals surface area (Å²) < 4.78 is 0. The van der Waals surface area contributed by atoms with Crippen LogP contribution in [0.4, 0.5) is 0 Å². The molecule has 2 aromatic carbocycles. The van der Waals surface area contributed by atoms with Crippen LogP contribution in [0.3, 0.4) is 0 Å². The molecule has 21 heavy (non-hydrogen) atoms. The van der Waals surface area contributed by atoms with E-state index in [2.05, 4.69) is 5.32 Å². The van der Waals surface area contributed by atoms with Crippen LogP contribution in [0.1, 0.15) is 24.1 Å². The van der Waals surface area contributed by atoms with E-state index in [9.17, 15) is 4.79 Å². The topological polar surface area (TPSA) is 29.1 Å². The van der Waals surface area contributed by atoms with Crippen LogP contribution in [0, 0.1) is 0 Å². The molecule has 0 bridgehead atoms. The monoisotopic (exact) mass is 319 g/mol. The van der Waals surface area contributed by atoms with Crippen molar-refractivity contribution in [2.45, 2.75) is 13.0 Å². The molecule has 1 amide bonds. The summed E-state index contributed by atoms with van der Waals surface area (Å²) in [5.74, 6) is -0.155. The van der Waals surface area contributed by atoms with E-state index in [0.29, 0.717) is 10.0 Å². The van der Waals surface area contributed by atoms with Gasteiger partial charge >= 0.3 is 0 Å². The first-order valence-electron chi connectivity index (χ1n) is 6.55. The van der Waals surface area contributed by atoms with Gasteiger partial charge in [0.15, 0.2) is 0 Å². The molecule has 2 nitrogen and oxygen atoms in total. The Morgan fingerprint density at radius 3 is 2.48 bits per heavy atom. The summed E-state index contributed by atoms with van der Waals surface area (Å²) in [7, 11) is 0. The van der Waals surface area contributed by atoms with Crippen LogP contribution in [0.15, 0.2) is 54.6 Å². The molecule has 2 aromatic rings. The van der Waals surface area contributed by atoms with Gasteiger partial charge in [-0.2, -0.15) is 0 Å². The molecule has 1 atom stereocenters. The lowest BCUT2D eigenvalue weighted by Crippen LogP contribution is -2.24. The molecule has 2 rings (SSSR count). The molecule has 0 unspecified atom stereocenters. The van der Waals surface area contributed by atoms with Gasteiger partial charge in [-0.15, -0.1) is 0 Å².